The van der Waals surface area contributed by atoms with Crippen LogP contribution in [0.4, 0.5) is 5.82 Å². The van der Waals surface area contributed by atoms with Crippen LogP contribution in [0.3, 0.4) is 0 Å². The third-order valence-electron chi connectivity index (χ3n) is 2.99. The number of nitrogens with one attached hydrogen (secondary N) is 1. The maximum atomic E-state index is 5.29. The van der Waals surface area contributed by atoms with E-state index in [0.717, 1.165) is 32.9 Å². The first-order valence-corrected chi connectivity index (χ1v) is 7.01. The van der Waals surface area contributed by atoms with Gasteiger partial charge in [0.25, 0.3) is 0 Å². The Kier molecular flexibility index (Phi) is 4.84. The Morgan fingerprint density at radius 2 is 1.90 bits per heavy atom. The molecule has 5 heteroatoms. The van der Waals surface area contributed by atoms with Gasteiger partial charge in [0.2, 0.25) is 0 Å². The molecule has 0 unspecified atom stereocenters. The second-order valence-electron chi connectivity index (χ2n) is 4.33. The van der Waals surface area contributed by atoms with Crippen molar-refractivity contribution in [3.8, 4) is 11.5 Å². The minimum atomic E-state index is 0.662. The highest BCUT2D eigenvalue weighted by atomic mass is 79.9. The molecule has 0 amide bonds. The van der Waals surface area contributed by atoms with Crippen LogP contribution in [0.25, 0.3) is 0 Å². The molecule has 0 fully saturated rings. The van der Waals surface area contributed by atoms with Crippen LogP contribution < -0.4 is 14.8 Å². The molecular weight excluding hydrogens is 320 g/mol. The van der Waals surface area contributed by atoms with Gasteiger partial charge in [-0.25, -0.2) is 4.98 Å². The first-order chi connectivity index (χ1) is 9.65. The van der Waals surface area contributed by atoms with Crippen LogP contribution in [0.5, 0.6) is 11.5 Å². The third-order valence-corrected chi connectivity index (χ3v) is 3.99. The summed E-state index contributed by atoms with van der Waals surface area (Å²) in [7, 11) is 3.26. The maximum absolute atomic E-state index is 5.29. The van der Waals surface area contributed by atoms with Crippen molar-refractivity contribution in [2.75, 3.05) is 19.5 Å². The summed E-state index contributed by atoms with van der Waals surface area (Å²) in [6, 6.07) is 7.81. The van der Waals surface area contributed by atoms with E-state index in [1.165, 1.54) is 0 Å². The van der Waals surface area contributed by atoms with Crippen LogP contribution in [0, 0.1) is 6.92 Å². The van der Waals surface area contributed by atoms with Gasteiger partial charge in [-0.05, 0) is 52.2 Å². The van der Waals surface area contributed by atoms with Crippen molar-refractivity contribution in [3.05, 3.63) is 46.1 Å². The number of benzene rings is 1. The van der Waals surface area contributed by atoms with Crippen molar-refractivity contribution in [3.63, 3.8) is 0 Å². The van der Waals surface area contributed by atoms with Crippen molar-refractivity contribution in [2.45, 2.75) is 13.5 Å². The molecule has 0 saturated carbocycles. The Labute approximate surface area is 127 Å². The van der Waals surface area contributed by atoms with Gasteiger partial charge in [-0.1, -0.05) is 6.07 Å². The Hall–Kier alpha value is -1.75. The zero-order valence-electron chi connectivity index (χ0n) is 11.7. The number of ether oxygens (including phenoxy) is 2. The fraction of sp³-hybridized carbons (Fsp3) is 0.267. The largest absolute Gasteiger partial charge is 0.493 e. The zero-order valence-corrected chi connectivity index (χ0v) is 13.3. The average molecular weight is 337 g/mol. The van der Waals surface area contributed by atoms with Crippen LogP contribution in [-0.2, 0) is 6.54 Å². The summed E-state index contributed by atoms with van der Waals surface area (Å²) in [5.74, 6) is 2.29. The lowest BCUT2D eigenvalue weighted by Crippen LogP contribution is -2.03. The molecule has 0 bridgehead atoms. The molecule has 2 aromatic rings. The lowest BCUT2D eigenvalue weighted by Gasteiger charge is -2.12. The number of anilines is 1. The van der Waals surface area contributed by atoms with Gasteiger partial charge in [0.1, 0.15) is 5.82 Å². The van der Waals surface area contributed by atoms with Crippen molar-refractivity contribution >= 4 is 21.7 Å². The number of rotatable bonds is 5. The molecule has 4 nitrogen and oxygen atoms in total. The van der Waals surface area contributed by atoms with Gasteiger partial charge < -0.3 is 14.8 Å². The number of halogens is 1. The smallest absolute Gasteiger partial charge is 0.161 e. The lowest BCUT2D eigenvalue weighted by atomic mass is 10.2. The second kappa shape index (κ2) is 6.61. The van der Waals surface area contributed by atoms with Gasteiger partial charge in [0.15, 0.2) is 11.5 Å². The summed E-state index contributed by atoms with van der Waals surface area (Å²) in [6.07, 6.45) is 1.79. The van der Waals surface area contributed by atoms with E-state index in [2.05, 4.69) is 26.2 Å². The van der Waals surface area contributed by atoms with E-state index in [1.54, 1.807) is 20.4 Å². The number of hydrogen-bond donors (Lipinski definition) is 1. The molecule has 1 N–H and O–H groups in total. The third kappa shape index (κ3) is 3.22. The van der Waals surface area contributed by atoms with Crippen LogP contribution in [-0.4, -0.2) is 19.2 Å². The van der Waals surface area contributed by atoms with Gasteiger partial charge in [-0.2, -0.15) is 0 Å². The molecular formula is C15H17BrN2O2. The van der Waals surface area contributed by atoms with Crippen molar-refractivity contribution in [1.82, 2.24) is 4.98 Å². The highest BCUT2D eigenvalue weighted by molar-refractivity contribution is 9.10. The van der Waals surface area contributed by atoms with E-state index in [1.807, 2.05) is 31.2 Å². The Bertz CT molecular complexity index is 602. The standard InChI is InChI=1S/C15H17BrN2O2/c1-10-6-7-17-15(14(10)16)18-9-11-4-5-12(19-2)13(8-11)20-3/h4-8H,9H2,1-3H3,(H,17,18). The Balaban J connectivity index is 2.13. The summed E-state index contributed by atoms with van der Waals surface area (Å²) in [6.45, 7) is 2.70. The molecule has 0 saturated heterocycles. The highest BCUT2D eigenvalue weighted by Crippen LogP contribution is 2.28. The number of aromatic nitrogens is 1. The molecule has 0 aliphatic carbocycles. The van der Waals surface area contributed by atoms with Gasteiger partial charge >= 0.3 is 0 Å². The zero-order chi connectivity index (χ0) is 14.5. The van der Waals surface area contributed by atoms with E-state index in [-0.39, 0.29) is 0 Å². The Morgan fingerprint density at radius 3 is 2.60 bits per heavy atom. The monoisotopic (exact) mass is 336 g/mol. The average Bonchev–Trinajstić information content (AvgIpc) is 2.48. The molecule has 20 heavy (non-hydrogen) atoms. The Morgan fingerprint density at radius 1 is 1.15 bits per heavy atom. The number of pyridine rings is 1. The number of methoxy groups -OCH3 is 2. The minimum Gasteiger partial charge on any atom is -0.493 e. The SMILES string of the molecule is COc1ccc(CNc2nccc(C)c2Br)cc1OC. The van der Waals surface area contributed by atoms with E-state index in [4.69, 9.17) is 9.47 Å². The number of hydrogen-bond acceptors (Lipinski definition) is 4. The fourth-order valence-corrected chi connectivity index (χ4v) is 2.21. The van der Waals surface area contributed by atoms with Gasteiger partial charge in [-0.3, -0.25) is 0 Å². The van der Waals surface area contributed by atoms with Gasteiger partial charge in [-0.15, -0.1) is 0 Å². The molecule has 0 aliphatic heterocycles. The molecule has 2 rings (SSSR count). The molecule has 1 aromatic carbocycles. The number of aryl methyl sites for hydroxylation is 1. The van der Waals surface area contributed by atoms with E-state index >= 15 is 0 Å². The molecule has 1 heterocycles. The van der Waals surface area contributed by atoms with Crippen molar-refractivity contribution in [2.24, 2.45) is 0 Å². The molecule has 0 aliphatic rings. The van der Waals surface area contributed by atoms with Gasteiger partial charge in [0.05, 0.1) is 18.7 Å². The topological polar surface area (TPSA) is 43.4 Å². The summed E-state index contributed by atoms with van der Waals surface area (Å²) in [5, 5.41) is 3.30. The fourth-order valence-electron chi connectivity index (χ4n) is 1.84. The van der Waals surface area contributed by atoms with Crippen molar-refractivity contribution < 1.29 is 9.47 Å². The molecule has 1 aromatic heterocycles. The summed E-state index contributed by atoms with van der Waals surface area (Å²) < 4.78 is 11.5. The predicted molar refractivity (Wildman–Crippen MR) is 83.5 cm³/mol. The van der Waals surface area contributed by atoms with Gasteiger partial charge in [0, 0.05) is 12.7 Å². The lowest BCUT2D eigenvalue weighted by molar-refractivity contribution is 0.354. The summed E-state index contributed by atoms with van der Waals surface area (Å²) in [4.78, 5) is 4.32. The van der Waals surface area contributed by atoms with Crippen LogP contribution in [0.1, 0.15) is 11.1 Å². The minimum absolute atomic E-state index is 0.662. The molecule has 0 spiro atoms. The van der Waals surface area contributed by atoms with Crippen LogP contribution >= 0.6 is 15.9 Å². The quantitative estimate of drug-likeness (QED) is 0.902. The first kappa shape index (κ1) is 14.7. The molecule has 106 valence electrons. The predicted octanol–water partition coefficient (Wildman–Crippen LogP) is 3.78. The van der Waals surface area contributed by atoms with E-state index in [9.17, 15) is 0 Å². The molecule has 0 radical (unpaired) electrons. The first-order valence-electron chi connectivity index (χ1n) is 6.21. The highest BCUT2D eigenvalue weighted by Gasteiger charge is 2.06. The van der Waals surface area contributed by atoms with Crippen LogP contribution in [0.2, 0.25) is 0 Å². The van der Waals surface area contributed by atoms with E-state index < -0.39 is 0 Å². The summed E-state index contributed by atoms with van der Waals surface area (Å²) >= 11 is 3.53. The van der Waals surface area contributed by atoms with Crippen molar-refractivity contribution in [1.29, 1.82) is 0 Å². The number of nitrogens with zero attached hydrogens (tertiary/aromatic N) is 1. The van der Waals surface area contributed by atoms with Crippen LogP contribution in [0.15, 0.2) is 34.9 Å². The molecule has 0 atom stereocenters. The summed E-state index contributed by atoms with van der Waals surface area (Å²) in [5.41, 5.74) is 2.24. The maximum Gasteiger partial charge on any atom is 0.161 e. The normalized spacial score (nSPS) is 10.2. The van der Waals surface area contributed by atoms with E-state index in [0.29, 0.717) is 6.54 Å². The second-order valence-corrected chi connectivity index (χ2v) is 5.13.